The van der Waals surface area contributed by atoms with Gasteiger partial charge >= 0.3 is 5.97 Å². The number of carbonyl (C=O) groups is 1. The number of ether oxygens (including phenoxy) is 1. The number of nitrogen functional groups attached to an aromatic ring is 1. The fourth-order valence-electron chi connectivity index (χ4n) is 1.34. The highest BCUT2D eigenvalue weighted by atomic mass is 79.9. The molecule has 0 aliphatic rings. The molecule has 0 spiro atoms. The van der Waals surface area contributed by atoms with Crippen molar-refractivity contribution in [1.29, 1.82) is 0 Å². The van der Waals surface area contributed by atoms with E-state index < -0.39 is 23.7 Å². The van der Waals surface area contributed by atoms with E-state index in [1.54, 1.807) is 6.92 Å². The Morgan fingerprint density at radius 1 is 1.65 bits per heavy atom. The highest BCUT2D eigenvalue weighted by molar-refractivity contribution is 9.08. The lowest BCUT2D eigenvalue weighted by Crippen LogP contribution is -2.14. The summed E-state index contributed by atoms with van der Waals surface area (Å²) in [5, 5.41) is 0.159. The molecule has 0 unspecified atom stereocenters. The number of nitrogens with two attached hydrogens (primary N) is 1. The molecule has 1 heterocycles. The van der Waals surface area contributed by atoms with E-state index in [0.29, 0.717) is 0 Å². The highest BCUT2D eigenvalue weighted by Gasteiger charge is 2.25. The van der Waals surface area contributed by atoms with Crippen LogP contribution in [0.1, 0.15) is 35.0 Å². The Balaban J connectivity index is 3.35. The van der Waals surface area contributed by atoms with Crippen LogP contribution in [0.3, 0.4) is 0 Å². The van der Waals surface area contributed by atoms with E-state index in [1.165, 1.54) is 6.07 Å². The molecule has 0 aromatic carbocycles. The van der Waals surface area contributed by atoms with Gasteiger partial charge < -0.3 is 10.5 Å². The van der Waals surface area contributed by atoms with Crippen molar-refractivity contribution in [2.45, 2.75) is 18.7 Å². The molecule has 2 N–H and O–H groups in total. The van der Waals surface area contributed by atoms with Gasteiger partial charge in [0.2, 0.25) is 0 Å². The SMILES string of the molecule is CCOC(=O)c1nc(N)cc(CBr)c1C(F)F. The molecule has 1 rings (SSSR count). The zero-order valence-corrected chi connectivity index (χ0v) is 10.6. The zero-order chi connectivity index (χ0) is 13.0. The summed E-state index contributed by atoms with van der Waals surface area (Å²) in [5.41, 5.74) is 4.83. The summed E-state index contributed by atoms with van der Waals surface area (Å²) in [6.07, 6.45) is -2.81. The van der Waals surface area contributed by atoms with Crippen LogP contribution >= 0.6 is 15.9 Å². The standard InChI is InChI=1S/C10H11BrF2N2O2/c1-2-17-10(16)8-7(9(12)13)5(4-11)3-6(14)15-8/h3,9H,2,4H2,1H3,(H2,14,15). The number of alkyl halides is 3. The van der Waals surface area contributed by atoms with Crippen molar-refractivity contribution in [1.82, 2.24) is 4.98 Å². The van der Waals surface area contributed by atoms with Crippen molar-refractivity contribution in [2.24, 2.45) is 0 Å². The molecule has 0 atom stereocenters. The number of pyridine rings is 1. The van der Waals surface area contributed by atoms with E-state index in [2.05, 4.69) is 25.7 Å². The van der Waals surface area contributed by atoms with E-state index in [0.717, 1.165) is 0 Å². The number of rotatable bonds is 4. The maximum atomic E-state index is 12.9. The maximum Gasteiger partial charge on any atom is 0.357 e. The third-order valence-corrected chi connectivity index (χ3v) is 2.60. The molecule has 0 amide bonds. The Labute approximate surface area is 105 Å². The van der Waals surface area contributed by atoms with Gasteiger partial charge in [0.25, 0.3) is 6.43 Å². The Hall–Kier alpha value is -1.24. The summed E-state index contributed by atoms with van der Waals surface area (Å²) in [5.74, 6) is -0.885. The summed E-state index contributed by atoms with van der Waals surface area (Å²) in [6.45, 7) is 1.67. The Kier molecular flexibility index (Phi) is 4.80. The molecule has 0 aliphatic carbocycles. The minimum Gasteiger partial charge on any atom is -0.461 e. The molecule has 1 aromatic rings. The van der Waals surface area contributed by atoms with Crippen molar-refractivity contribution in [3.63, 3.8) is 0 Å². The minimum absolute atomic E-state index is 0.00639. The minimum atomic E-state index is -2.81. The van der Waals surface area contributed by atoms with Gasteiger partial charge in [-0.3, -0.25) is 0 Å². The summed E-state index contributed by atoms with van der Waals surface area (Å²) >= 11 is 3.06. The molecule has 94 valence electrons. The molecular weight excluding hydrogens is 298 g/mol. The smallest absolute Gasteiger partial charge is 0.357 e. The van der Waals surface area contributed by atoms with E-state index in [1.807, 2.05) is 0 Å². The van der Waals surface area contributed by atoms with Crippen LogP contribution in [0.25, 0.3) is 0 Å². The number of anilines is 1. The fraction of sp³-hybridized carbons (Fsp3) is 0.400. The number of carbonyl (C=O) groups excluding carboxylic acids is 1. The number of nitrogens with zero attached hydrogens (tertiary/aromatic N) is 1. The van der Waals surface area contributed by atoms with E-state index >= 15 is 0 Å². The molecule has 0 saturated carbocycles. The van der Waals surface area contributed by atoms with Gasteiger partial charge in [-0.25, -0.2) is 18.6 Å². The summed E-state index contributed by atoms with van der Waals surface area (Å²) < 4.78 is 30.5. The van der Waals surface area contributed by atoms with Gasteiger partial charge in [-0.1, -0.05) is 15.9 Å². The first kappa shape index (κ1) is 13.8. The number of halogens is 3. The fourth-order valence-corrected chi connectivity index (χ4v) is 1.80. The van der Waals surface area contributed by atoms with Gasteiger partial charge in [-0.2, -0.15) is 0 Å². The predicted molar refractivity (Wildman–Crippen MR) is 62.2 cm³/mol. The van der Waals surface area contributed by atoms with Gasteiger partial charge in [-0.05, 0) is 18.6 Å². The van der Waals surface area contributed by atoms with Crippen LogP contribution in [0, 0.1) is 0 Å². The topological polar surface area (TPSA) is 65.2 Å². The molecule has 17 heavy (non-hydrogen) atoms. The lowest BCUT2D eigenvalue weighted by molar-refractivity contribution is 0.0507. The maximum absolute atomic E-state index is 12.9. The van der Waals surface area contributed by atoms with Gasteiger partial charge in [0.1, 0.15) is 5.82 Å². The van der Waals surface area contributed by atoms with E-state index in [4.69, 9.17) is 5.73 Å². The molecule has 4 nitrogen and oxygen atoms in total. The molecule has 0 aliphatic heterocycles. The first-order valence-corrected chi connectivity index (χ1v) is 5.93. The largest absolute Gasteiger partial charge is 0.461 e. The average Bonchev–Trinajstić information content (AvgIpc) is 2.27. The van der Waals surface area contributed by atoms with Crippen LogP contribution in [0.15, 0.2) is 6.07 Å². The third-order valence-electron chi connectivity index (χ3n) is 2.00. The van der Waals surface area contributed by atoms with Crippen LogP contribution in [0.5, 0.6) is 0 Å². The number of hydrogen-bond acceptors (Lipinski definition) is 4. The Morgan fingerprint density at radius 2 is 2.29 bits per heavy atom. The van der Waals surface area contributed by atoms with Crippen LogP contribution in [0.4, 0.5) is 14.6 Å². The summed E-state index contributed by atoms with van der Waals surface area (Å²) in [4.78, 5) is 15.1. The van der Waals surface area contributed by atoms with Crippen molar-refractivity contribution in [2.75, 3.05) is 12.3 Å². The summed E-state index contributed by atoms with van der Waals surface area (Å²) in [7, 11) is 0. The van der Waals surface area contributed by atoms with Crippen molar-refractivity contribution < 1.29 is 18.3 Å². The lowest BCUT2D eigenvalue weighted by Gasteiger charge is -2.12. The summed E-state index contributed by atoms with van der Waals surface area (Å²) in [6, 6.07) is 1.30. The first-order valence-electron chi connectivity index (χ1n) is 4.81. The van der Waals surface area contributed by atoms with Crippen molar-refractivity contribution in [3.05, 3.63) is 22.9 Å². The second kappa shape index (κ2) is 5.90. The molecule has 7 heteroatoms. The molecule has 0 fully saturated rings. The van der Waals surface area contributed by atoms with Crippen LogP contribution in [-0.4, -0.2) is 17.6 Å². The van der Waals surface area contributed by atoms with Crippen LogP contribution < -0.4 is 5.73 Å². The van der Waals surface area contributed by atoms with E-state index in [-0.39, 0.29) is 23.3 Å². The lowest BCUT2D eigenvalue weighted by atomic mass is 10.1. The molecule has 0 saturated heterocycles. The molecule has 0 radical (unpaired) electrons. The number of aromatic nitrogens is 1. The molecule has 1 aromatic heterocycles. The van der Waals surface area contributed by atoms with Crippen molar-refractivity contribution in [3.8, 4) is 0 Å². The van der Waals surface area contributed by atoms with Crippen molar-refractivity contribution >= 4 is 27.7 Å². The Morgan fingerprint density at radius 3 is 2.76 bits per heavy atom. The quantitative estimate of drug-likeness (QED) is 0.686. The third kappa shape index (κ3) is 3.12. The Bertz CT molecular complexity index is 427. The molecule has 0 bridgehead atoms. The monoisotopic (exact) mass is 308 g/mol. The number of esters is 1. The highest BCUT2D eigenvalue weighted by Crippen LogP contribution is 2.29. The second-order valence-electron chi connectivity index (χ2n) is 3.12. The van der Waals surface area contributed by atoms with Gasteiger partial charge in [0, 0.05) is 5.33 Å². The normalized spacial score (nSPS) is 10.6. The van der Waals surface area contributed by atoms with E-state index in [9.17, 15) is 13.6 Å². The second-order valence-corrected chi connectivity index (χ2v) is 3.68. The van der Waals surface area contributed by atoms with Gasteiger partial charge in [0.05, 0.1) is 12.2 Å². The van der Waals surface area contributed by atoms with Crippen LogP contribution in [-0.2, 0) is 10.1 Å². The van der Waals surface area contributed by atoms with Crippen LogP contribution in [0.2, 0.25) is 0 Å². The van der Waals surface area contributed by atoms with Gasteiger partial charge in [0.15, 0.2) is 5.69 Å². The first-order chi connectivity index (χ1) is 8.01. The zero-order valence-electron chi connectivity index (χ0n) is 9.04. The van der Waals surface area contributed by atoms with Gasteiger partial charge in [-0.15, -0.1) is 0 Å². The molecular formula is C10H11BrF2N2O2. The number of hydrogen-bond donors (Lipinski definition) is 1. The average molecular weight is 309 g/mol. The predicted octanol–water partition coefficient (Wildman–Crippen LogP) is 2.67.